The van der Waals surface area contributed by atoms with Crippen molar-refractivity contribution in [3.63, 3.8) is 0 Å². The first-order chi connectivity index (χ1) is 12.6. The second-order valence-electron chi connectivity index (χ2n) is 6.73. The van der Waals surface area contributed by atoms with E-state index in [1.165, 1.54) is 11.6 Å². The van der Waals surface area contributed by atoms with Crippen LogP contribution in [0, 0.1) is 12.7 Å². The van der Waals surface area contributed by atoms with Crippen molar-refractivity contribution in [2.24, 2.45) is 0 Å². The quantitative estimate of drug-likeness (QED) is 0.789. The summed E-state index contributed by atoms with van der Waals surface area (Å²) in [6, 6.07) is 11.1. The van der Waals surface area contributed by atoms with E-state index in [1.54, 1.807) is 20.3 Å². The predicted molar refractivity (Wildman–Crippen MR) is 101 cm³/mol. The molecule has 4 nitrogen and oxygen atoms in total. The third-order valence-electron chi connectivity index (χ3n) is 5.07. The molecule has 0 spiro atoms. The van der Waals surface area contributed by atoms with Gasteiger partial charge in [0.1, 0.15) is 17.3 Å². The SMILES string of the molecule is COc1ccc(CN2CCN(Cc3ccccc3F)CC2)c(OC)c1C. The summed E-state index contributed by atoms with van der Waals surface area (Å²) in [4.78, 5) is 4.73. The predicted octanol–water partition coefficient (Wildman–Crippen LogP) is 3.47. The summed E-state index contributed by atoms with van der Waals surface area (Å²) in [5.74, 6) is 1.63. The maximum Gasteiger partial charge on any atom is 0.129 e. The molecule has 1 saturated heterocycles. The van der Waals surface area contributed by atoms with Crippen LogP contribution in [-0.2, 0) is 13.1 Å². The van der Waals surface area contributed by atoms with Gasteiger partial charge in [-0.05, 0) is 19.1 Å². The first-order valence-electron chi connectivity index (χ1n) is 9.01. The maximum absolute atomic E-state index is 13.8. The van der Waals surface area contributed by atoms with Gasteiger partial charge in [-0.2, -0.15) is 0 Å². The minimum absolute atomic E-state index is 0.117. The van der Waals surface area contributed by atoms with E-state index in [2.05, 4.69) is 15.9 Å². The van der Waals surface area contributed by atoms with Gasteiger partial charge in [-0.1, -0.05) is 24.3 Å². The number of hydrogen-bond donors (Lipinski definition) is 0. The van der Waals surface area contributed by atoms with E-state index >= 15 is 0 Å². The number of rotatable bonds is 6. The lowest BCUT2D eigenvalue weighted by Gasteiger charge is -2.35. The first-order valence-corrected chi connectivity index (χ1v) is 9.01. The largest absolute Gasteiger partial charge is 0.496 e. The van der Waals surface area contributed by atoms with E-state index < -0.39 is 0 Å². The van der Waals surface area contributed by atoms with E-state index in [0.717, 1.165) is 55.3 Å². The molecule has 0 saturated carbocycles. The van der Waals surface area contributed by atoms with E-state index in [1.807, 2.05) is 25.1 Å². The molecule has 0 aliphatic carbocycles. The molecule has 1 heterocycles. The van der Waals surface area contributed by atoms with Crippen LogP contribution in [0.1, 0.15) is 16.7 Å². The zero-order valence-electron chi connectivity index (χ0n) is 15.8. The molecule has 3 rings (SSSR count). The van der Waals surface area contributed by atoms with E-state index in [4.69, 9.17) is 9.47 Å². The van der Waals surface area contributed by atoms with Gasteiger partial charge in [-0.25, -0.2) is 4.39 Å². The van der Waals surface area contributed by atoms with Crippen molar-refractivity contribution in [3.05, 3.63) is 58.9 Å². The number of hydrogen-bond acceptors (Lipinski definition) is 4. The van der Waals surface area contributed by atoms with Crippen molar-refractivity contribution in [1.82, 2.24) is 9.80 Å². The highest BCUT2D eigenvalue weighted by Gasteiger charge is 2.20. The zero-order valence-corrected chi connectivity index (χ0v) is 15.8. The van der Waals surface area contributed by atoms with Gasteiger partial charge in [0.2, 0.25) is 0 Å². The monoisotopic (exact) mass is 358 g/mol. The summed E-state index contributed by atoms with van der Waals surface area (Å²) in [7, 11) is 3.38. The highest BCUT2D eigenvalue weighted by Crippen LogP contribution is 2.32. The van der Waals surface area contributed by atoms with E-state index in [9.17, 15) is 4.39 Å². The van der Waals surface area contributed by atoms with Gasteiger partial charge in [0.15, 0.2) is 0 Å². The number of nitrogens with zero attached hydrogens (tertiary/aromatic N) is 2. The lowest BCUT2D eigenvalue weighted by Crippen LogP contribution is -2.45. The van der Waals surface area contributed by atoms with Crippen molar-refractivity contribution in [1.29, 1.82) is 0 Å². The van der Waals surface area contributed by atoms with Gasteiger partial charge in [0.25, 0.3) is 0 Å². The molecule has 1 aliphatic heterocycles. The van der Waals surface area contributed by atoms with Gasteiger partial charge in [0.05, 0.1) is 14.2 Å². The van der Waals surface area contributed by atoms with Crippen LogP contribution in [0.2, 0.25) is 0 Å². The Labute approximate surface area is 155 Å². The molecule has 0 atom stereocenters. The van der Waals surface area contributed by atoms with Crippen LogP contribution in [0.15, 0.2) is 36.4 Å². The van der Waals surface area contributed by atoms with Gasteiger partial charge in [-0.15, -0.1) is 0 Å². The lowest BCUT2D eigenvalue weighted by atomic mass is 10.1. The van der Waals surface area contributed by atoms with Gasteiger partial charge < -0.3 is 9.47 Å². The molecule has 2 aromatic rings. The Morgan fingerprint density at radius 1 is 0.846 bits per heavy atom. The molecule has 1 aliphatic rings. The van der Waals surface area contributed by atoms with Crippen molar-refractivity contribution in [2.45, 2.75) is 20.0 Å². The molecule has 0 radical (unpaired) electrons. The second kappa shape index (κ2) is 8.52. The summed E-state index contributed by atoms with van der Waals surface area (Å²) in [6.07, 6.45) is 0. The zero-order chi connectivity index (χ0) is 18.5. The lowest BCUT2D eigenvalue weighted by molar-refractivity contribution is 0.120. The number of piperazine rings is 1. The fraction of sp³-hybridized carbons (Fsp3) is 0.429. The Kier molecular flexibility index (Phi) is 6.12. The molecule has 0 amide bonds. The fourth-order valence-corrected chi connectivity index (χ4v) is 3.57. The summed E-state index contributed by atoms with van der Waals surface area (Å²) in [6.45, 7) is 7.34. The topological polar surface area (TPSA) is 24.9 Å². The summed E-state index contributed by atoms with van der Waals surface area (Å²) >= 11 is 0. The Hall–Kier alpha value is -2.11. The summed E-state index contributed by atoms with van der Waals surface area (Å²) in [5, 5.41) is 0. The van der Waals surface area contributed by atoms with Gasteiger partial charge >= 0.3 is 0 Å². The first kappa shape index (κ1) is 18.7. The average Bonchev–Trinajstić information content (AvgIpc) is 2.65. The summed E-state index contributed by atoms with van der Waals surface area (Å²) in [5.41, 5.74) is 2.98. The Bertz CT molecular complexity index is 743. The number of methoxy groups -OCH3 is 2. The molecule has 140 valence electrons. The molecule has 0 N–H and O–H groups in total. The van der Waals surface area contributed by atoms with Crippen LogP contribution in [0.3, 0.4) is 0 Å². The summed E-state index contributed by atoms with van der Waals surface area (Å²) < 4.78 is 24.8. The molecular formula is C21H27FN2O2. The average molecular weight is 358 g/mol. The van der Waals surface area contributed by atoms with Crippen LogP contribution in [0.25, 0.3) is 0 Å². The number of ether oxygens (including phenoxy) is 2. The van der Waals surface area contributed by atoms with Crippen molar-refractivity contribution in [3.8, 4) is 11.5 Å². The minimum Gasteiger partial charge on any atom is -0.496 e. The third-order valence-corrected chi connectivity index (χ3v) is 5.07. The van der Waals surface area contributed by atoms with Crippen LogP contribution in [-0.4, -0.2) is 50.2 Å². The molecule has 0 aromatic heterocycles. The smallest absolute Gasteiger partial charge is 0.129 e. The van der Waals surface area contributed by atoms with Gasteiger partial charge in [-0.3, -0.25) is 9.80 Å². The van der Waals surface area contributed by atoms with Crippen LogP contribution < -0.4 is 9.47 Å². The maximum atomic E-state index is 13.8. The van der Waals surface area contributed by atoms with Crippen molar-refractivity contribution >= 4 is 0 Å². The Morgan fingerprint density at radius 2 is 1.46 bits per heavy atom. The molecular weight excluding hydrogens is 331 g/mol. The van der Waals surface area contributed by atoms with Crippen molar-refractivity contribution in [2.75, 3.05) is 40.4 Å². The normalized spacial score (nSPS) is 15.8. The molecule has 2 aromatic carbocycles. The van der Waals surface area contributed by atoms with E-state index in [-0.39, 0.29) is 5.82 Å². The van der Waals surface area contributed by atoms with Crippen LogP contribution >= 0.6 is 0 Å². The highest BCUT2D eigenvalue weighted by atomic mass is 19.1. The van der Waals surface area contributed by atoms with E-state index in [0.29, 0.717) is 6.54 Å². The molecule has 5 heteroatoms. The van der Waals surface area contributed by atoms with Crippen molar-refractivity contribution < 1.29 is 13.9 Å². The molecule has 26 heavy (non-hydrogen) atoms. The van der Waals surface area contributed by atoms with Crippen LogP contribution in [0.4, 0.5) is 4.39 Å². The van der Waals surface area contributed by atoms with Crippen LogP contribution in [0.5, 0.6) is 11.5 Å². The molecule has 0 bridgehead atoms. The highest BCUT2D eigenvalue weighted by molar-refractivity contribution is 5.49. The Balaban J connectivity index is 1.59. The molecule has 0 unspecified atom stereocenters. The third kappa shape index (κ3) is 4.17. The Morgan fingerprint density at radius 3 is 2.04 bits per heavy atom. The number of halogens is 1. The standard InChI is InChI=1S/C21H27FN2O2/c1-16-20(25-2)9-8-18(21(16)26-3)15-24-12-10-23(11-13-24)14-17-6-4-5-7-19(17)22/h4-9H,10-15H2,1-3H3. The minimum atomic E-state index is -0.117. The fourth-order valence-electron chi connectivity index (χ4n) is 3.57. The van der Waals surface area contributed by atoms with Gasteiger partial charge in [0, 0.05) is 56.0 Å². The second-order valence-corrected chi connectivity index (χ2v) is 6.73. The number of benzene rings is 2. The molecule has 1 fully saturated rings.